The first-order valence-corrected chi connectivity index (χ1v) is 3.52. The van der Waals surface area contributed by atoms with Crippen molar-refractivity contribution in [3.63, 3.8) is 0 Å². The van der Waals surface area contributed by atoms with Crippen LogP contribution in [0.5, 0.6) is 5.75 Å². The molecule has 0 radical (unpaired) electrons. The Morgan fingerprint density at radius 3 is 2.83 bits per heavy atom. The molecule has 0 aliphatic heterocycles. The minimum atomic E-state index is -0.612. The van der Waals surface area contributed by atoms with Crippen LogP contribution in [0.2, 0.25) is 5.02 Å². The summed E-state index contributed by atoms with van der Waals surface area (Å²) in [6, 6.07) is 1.36. The van der Waals surface area contributed by atoms with Crippen LogP contribution in [0.1, 0.15) is 10.5 Å². The van der Waals surface area contributed by atoms with Gasteiger partial charge in [-0.15, -0.1) is 0 Å². The Labute approximate surface area is 74.3 Å². The third-order valence-corrected chi connectivity index (χ3v) is 1.59. The molecule has 0 aliphatic carbocycles. The Bertz CT molecular complexity index is 314. The van der Waals surface area contributed by atoms with Gasteiger partial charge < -0.3 is 10.5 Å². The fourth-order valence-corrected chi connectivity index (χ4v) is 0.933. The first kappa shape index (κ1) is 8.80. The van der Waals surface area contributed by atoms with Crippen molar-refractivity contribution in [2.45, 2.75) is 0 Å². The van der Waals surface area contributed by atoms with Crippen molar-refractivity contribution in [1.29, 1.82) is 0 Å². The minimum absolute atomic E-state index is 0.126. The van der Waals surface area contributed by atoms with Gasteiger partial charge in [0.15, 0.2) is 5.75 Å². The molecule has 0 fully saturated rings. The molecule has 5 heteroatoms. The van der Waals surface area contributed by atoms with Gasteiger partial charge in [0.1, 0.15) is 5.69 Å². The highest BCUT2D eigenvalue weighted by Gasteiger charge is 2.06. The number of hydrogen-bond donors (Lipinski definition) is 1. The molecule has 0 atom stereocenters. The van der Waals surface area contributed by atoms with Crippen molar-refractivity contribution in [2.24, 2.45) is 5.73 Å². The first-order chi connectivity index (χ1) is 5.65. The van der Waals surface area contributed by atoms with Gasteiger partial charge in [0, 0.05) is 0 Å². The summed E-state index contributed by atoms with van der Waals surface area (Å²) in [7, 11) is 1.47. The highest BCUT2D eigenvalue weighted by molar-refractivity contribution is 6.32. The van der Waals surface area contributed by atoms with E-state index >= 15 is 0 Å². The van der Waals surface area contributed by atoms with Gasteiger partial charge in [-0.2, -0.15) is 0 Å². The van der Waals surface area contributed by atoms with Crippen molar-refractivity contribution < 1.29 is 9.53 Å². The molecule has 1 heterocycles. The van der Waals surface area contributed by atoms with Gasteiger partial charge in [0.05, 0.1) is 18.3 Å². The van der Waals surface area contributed by atoms with Gasteiger partial charge >= 0.3 is 0 Å². The average Bonchev–Trinajstić information content (AvgIpc) is 2.04. The molecule has 0 aliphatic rings. The second kappa shape index (κ2) is 3.40. The van der Waals surface area contributed by atoms with Gasteiger partial charge in [0.25, 0.3) is 5.91 Å². The molecule has 4 nitrogen and oxygen atoms in total. The van der Waals surface area contributed by atoms with Crippen LogP contribution < -0.4 is 10.5 Å². The average molecular weight is 187 g/mol. The zero-order valence-corrected chi connectivity index (χ0v) is 7.13. The standard InChI is InChI=1S/C7H7ClN2O2/c1-12-6-3-10-5(7(9)11)2-4(6)8/h2-3H,1H3,(H2,9,11). The van der Waals surface area contributed by atoms with E-state index in [0.717, 1.165) is 0 Å². The zero-order valence-electron chi connectivity index (χ0n) is 6.37. The molecule has 0 spiro atoms. The fourth-order valence-electron chi connectivity index (χ4n) is 0.703. The van der Waals surface area contributed by atoms with E-state index in [-0.39, 0.29) is 5.69 Å². The second-order valence-electron chi connectivity index (χ2n) is 2.07. The number of nitrogens with zero attached hydrogens (tertiary/aromatic N) is 1. The second-order valence-corrected chi connectivity index (χ2v) is 2.48. The lowest BCUT2D eigenvalue weighted by Crippen LogP contribution is -2.12. The first-order valence-electron chi connectivity index (χ1n) is 3.14. The lowest BCUT2D eigenvalue weighted by molar-refractivity contribution is 0.0995. The molecule has 12 heavy (non-hydrogen) atoms. The molecule has 0 aromatic carbocycles. The topological polar surface area (TPSA) is 65.2 Å². The Balaban J connectivity index is 3.10. The summed E-state index contributed by atoms with van der Waals surface area (Å²) < 4.78 is 4.83. The number of ether oxygens (including phenoxy) is 1. The van der Waals surface area contributed by atoms with Crippen molar-refractivity contribution in [2.75, 3.05) is 7.11 Å². The summed E-state index contributed by atoms with van der Waals surface area (Å²) >= 11 is 5.70. The molecule has 0 unspecified atom stereocenters. The number of hydrogen-bond acceptors (Lipinski definition) is 3. The summed E-state index contributed by atoms with van der Waals surface area (Å²) in [5, 5.41) is 0.321. The molecule has 0 saturated carbocycles. The van der Waals surface area contributed by atoms with Crippen molar-refractivity contribution >= 4 is 17.5 Å². The van der Waals surface area contributed by atoms with Crippen LogP contribution in [0.25, 0.3) is 0 Å². The predicted molar refractivity (Wildman–Crippen MR) is 44.3 cm³/mol. The smallest absolute Gasteiger partial charge is 0.267 e. The maximum absolute atomic E-state index is 10.6. The fraction of sp³-hybridized carbons (Fsp3) is 0.143. The molecular weight excluding hydrogens is 180 g/mol. The monoisotopic (exact) mass is 186 g/mol. The summed E-state index contributed by atoms with van der Waals surface area (Å²) in [6.45, 7) is 0. The number of nitrogens with two attached hydrogens (primary N) is 1. The number of methoxy groups -OCH3 is 1. The van der Waals surface area contributed by atoms with E-state index in [2.05, 4.69) is 4.98 Å². The Morgan fingerprint density at radius 1 is 1.75 bits per heavy atom. The molecule has 2 N–H and O–H groups in total. The van der Waals surface area contributed by atoms with Crippen molar-refractivity contribution in [3.05, 3.63) is 23.0 Å². The van der Waals surface area contributed by atoms with E-state index < -0.39 is 5.91 Å². The van der Waals surface area contributed by atoms with Gasteiger partial charge in [-0.1, -0.05) is 11.6 Å². The minimum Gasteiger partial charge on any atom is -0.494 e. The molecule has 0 saturated heterocycles. The number of aromatic nitrogens is 1. The molecule has 1 aromatic heterocycles. The van der Waals surface area contributed by atoms with Crippen molar-refractivity contribution in [1.82, 2.24) is 4.98 Å². The van der Waals surface area contributed by atoms with E-state index in [1.54, 1.807) is 0 Å². The number of primary amides is 1. The number of carbonyl (C=O) groups excluding carboxylic acids is 1. The highest BCUT2D eigenvalue weighted by atomic mass is 35.5. The predicted octanol–water partition coefficient (Wildman–Crippen LogP) is 0.842. The normalized spacial score (nSPS) is 9.50. The van der Waals surface area contributed by atoms with Crippen LogP contribution in [-0.2, 0) is 0 Å². The third kappa shape index (κ3) is 1.65. The number of halogens is 1. The van der Waals surface area contributed by atoms with Crippen LogP contribution in [0.3, 0.4) is 0 Å². The van der Waals surface area contributed by atoms with Crippen LogP contribution in [0.15, 0.2) is 12.3 Å². The van der Waals surface area contributed by atoms with Gasteiger partial charge in [-0.3, -0.25) is 4.79 Å². The lowest BCUT2D eigenvalue weighted by Gasteiger charge is -2.01. The number of carbonyl (C=O) groups is 1. The molecule has 1 rings (SSSR count). The van der Waals surface area contributed by atoms with Crippen LogP contribution in [0, 0.1) is 0 Å². The molecule has 1 amide bonds. The molecular formula is C7H7ClN2O2. The lowest BCUT2D eigenvalue weighted by atomic mass is 10.3. The summed E-state index contributed by atoms with van der Waals surface area (Å²) in [6.07, 6.45) is 1.35. The van der Waals surface area contributed by atoms with Crippen molar-refractivity contribution in [3.8, 4) is 5.75 Å². The molecule has 1 aromatic rings. The van der Waals surface area contributed by atoms with Crippen LogP contribution in [0.4, 0.5) is 0 Å². The van der Waals surface area contributed by atoms with E-state index in [0.29, 0.717) is 10.8 Å². The Morgan fingerprint density at radius 2 is 2.42 bits per heavy atom. The number of pyridine rings is 1. The largest absolute Gasteiger partial charge is 0.494 e. The summed E-state index contributed by atoms with van der Waals surface area (Å²) in [5.74, 6) is -0.193. The van der Waals surface area contributed by atoms with Crippen LogP contribution in [-0.4, -0.2) is 18.0 Å². The third-order valence-electron chi connectivity index (χ3n) is 1.29. The van der Waals surface area contributed by atoms with Gasteiger partial charge in [0.2, 0.25) is 0 Å². The quantitative estimate of drug-likeness (QED) is 0.745. The van der Waals surface area contributed by atoms with E-state index in [1.165, 1.54) is 19.4 Å². The van der Waals surface area contributed by atoms with Crippen LogP contribution >= 0.6 is 11.6 Å². The van der Waals surface area contributed by atoms with Gasteiger partial charge in [-0.25, -0.2) is 4.98 Å². The van der Waals surface area contributed by atoms with E-state index in [9.17, 15) is 4.79 Å². The zero-order chi connectivity index (χ0) is 9.14. The van der Waals surface area contributed by atoms with E-state index in [4.69, 9.17) is 22.1 Å². The number of rotatable bonds is 2. The summed E-state index contributed by atoms with van der Waals surface area (Å²) in [5.41, 5.74) is 5.10. The molecule has 0 bridgehead atoms. The highest BCUT2D eigenvalue weighted by Crippen LogP contribution is 2.22. The maximum atomic E-state index is 10.6. The Hall–Kier alpha value is -1.29. The summed E-state index contributed by atoms with van der Waals surface area (Å²) in [4.78, 5) is 14.3. The Kier molecular flexibility index (Phi) is 2.50. The van der Waals surface area contributed by atoms with E-state index in [1.807, 2.05) is 0 Å². The maximum Gasteiger partial charge on any atom is 0.267 e. The van der Waals surface area contributed by atoms with Gasteiger partial charge in [-0.05, 0) is 6.07 Å². The number of amides is 1. The SMILES string of the molecule is COc1cnc(C(N)=O)cc1Cl. The molecule has 64 valence electrons.